The number of hydrogen-bond acceptors (Lipinski definition) is 3. The highest BCUT2D eigenvalue weighted by molar-refractivity contribution is 5.86. The summed E-state index contributed by atoms with van der Waals surface area (Å²) in [7, 11) is 0. The molecule has 1 N–H and O–H groups in total. The molecule has 3 unspecified atom stereocenters. The van der Waals surface area contributed by atoms with Gasteiger partial charge in [-0.25, -0.2) is 0 Å². The number of carbonyl (C=O) groups excluding carboxylic acids is 1. The van der Waals surface area contributed by atoms with Crippen molar-refractivity contribution in [2.24, 2.45) is 11.8 Å². The lowest BCUT2D eigenvalue weighted by atomic mass is 9.72. The Morgan fingerprint density at radius 2 is 2.00 bits per heavy atom. The molecule has 1 aliphatic rings. The van der Waals surface area contributed by atoms with Crippen LogP contribution in [0.5, 0.6) is 0 Å². The van der Waals surface area contributed by atoms with E-state index >= 15 is 0 Å². The fourth-order valence-corrected chi connectivity index (χ4v) is 3.29. The molecule has 0 spiro atoms. The summed E-state index contributed by atoms with van der Waals surface area (Å²) in [5.41, 5.74) is 0.796. The normalized spacial score (nSPS) is 21.7. The van der Waals surface area contributed by atoms with Crippen molar-refractivity contribution in [2.45, 2.75) is 32.7 Å². The summed E-state index contributed by atoms with van der Waals surface area (Å²) < 4.78 is 5.86. The van der Waals surface area contributed by atoms with Crippen LogP contribution in [0, 0.1) is 11.8 Å². The average Bonchev–Trinajstić information content (AvgIpc) is 2.89. The summed E-state index contributed by atoms with van der Waals surface area (Å²) >= 11 is 0. The van der Waals surface area contributed by atoms with E-state index in [2.05, 4.69) is 0 Å². The number of amides is 1. The minimum absolute atomic E-state index is 0.0842. The summed E-state index contributed by atoms with van der Waals surface area (Å²) in [5.74, 6) is -1.17. The van der Waals surface area contributed by atoms with Crippen LogP contribution in [0.2, 0.25) is 0 Å². The monoisotopic (exact) mass is 315 g/mol. The SMILES string of the molecule is CCN(C(=O)C1CCC1C(=O)O)C(C)c1cc2ccccc2o1. The van der Waals surface area contributed by atoms with E-state index in [1.807, 2.05) is 44.2 Å². The summed E-state index contributed by atoms with van der Waals surface area (Å²) in [4.78, 5) is 25.6. The first kappa shape index (κ1) is 15.6. The summed E-state index contributed by atoms with van der Waals surface area (Å²) in [6.45, 7) is 4.36. The molecular formula is C18H21NO4. The Labute approximate surface area is 134 Å². The van der Waals surface area contributed by atoms with Crippen LogP contribution in [0.15, 0.2) is 34.7 Å². The minimum atomic E-state index is -0.873. The standard InChI is InChI=1S/C18H21NO4/c1-3-19(17(20)13-8-9-14(13)18(21)22)11(2)16-10-12-6-4-5-7-15(12)23-16/h4-7,10-11,13-14H,3,8-9H2,1-2H3,(H,21,22). The van der Waals surface area contributed by atoms with Crippen LogP contribution in [0.25, 0.3) is 11.0 Å². The van der Waals surface area contributed by atoms with Crippen LogP contribution in [0.4, 0.5) is 0 Å². The van der Waals surface area contributed by atoms with Gasteiger partial charge in [0.15, 0.2) is 0 Å². The second-order valence-corrected chi connectivity index (χ2v) is 6.12. The van der Waals surface area contributed by atoms with Crippen molar-refractivity contribution in [3.63, 3.8) is 0 Å². The molecule has 1 aromatic heterocycles. The zero-order valence-electron chi connectivity index (χ0n) is 13.4. The molecule has 0 bridgehead atoms. The molecule has 1 amide bonds. The zero-order chi connectivity index (χ0) is 16.6. The number of rotatable bonds is 5. The Balaban J connectivity index is 1.82. The van der Waals surface area contributed by atoms with Gasteiger partial charge >= 0.3 is 5.97 Å². The highest BCUT2D eigenvalue weighted by atomic mass is 16.4. The lowest BCUT2D eigenvalue weighted by Gasteiger charge is -2.37. The lowest BCUT2D eigenvalue weighted by Crippen LogP contribution is -2.46. The molecule has 122 valence electrons. The van der Waals surface area contributed by atoms with Gasteiger partial charge < -0.3 is 14.4 Å². The summed E-state index contributed by atoms with van der Waals surface area (Å²) in [5, 5.41) is 10.2. The summed E-state index contributed by atoms with van der Waals surface area (Å²) in [6, 6.07) is 9.46. The minimum Gasteiger partial charge on any atom is -0.481 e. The second-order valence-electron chi connectivity index (χ2n) is 6.12. The molecule has 5 heteroatoms. The smallest absolute Gasteiger partial charge is 0.307 e. The van der Waals surface area contributed by atoms with E-state index < -0.39 is 17.8 Å². The van der Waals surface area contributed by atoms with E-state index in [4.69, 9.17) is 9.52 Å². The van der Waals surface area contributed by atoms with Gasteiger partial charge in [-0.15, -0.1) is 0 Å². The van der Waals surface area contributed by atoms with Crippen LogP contribution in [-0.2, 0) is 9.59 Å². The van der Waals surface area contributed by atoms with Gasteiger partial charge in [-0.2, -0.15) is 0 Å². The van der Waals surface area contributed by atoms with Crippen molar-refractivity contribution < 1.29 is 19.1 Å². The molecule has 0 radical (unpaired) electrons. The molecule has 0 saturated heterocycles. The van der Waals surface area contributed by atoms with E-state index in [1.54, 1.807) is 4.90 Å². The fourth-order valence-electron chi connectivity index (χ4n) is 3.29. The molecule has 5 nitrogen and oxygen atoms in total. The number of carboxylic acid groups (broad SMARTS) is 1. The largest absolute Gasteiger partial charge is 0.481 e. The van der Waals surface area contributed by atoms with E-state index in [0.717, 1.165) is 16.7 Å². The second kappa shape index (κ2) is 6.07. The molecule has 3 atom stereocenters. The van der Waals surface area contributed by atoms with E-state index in [9.17, 15) is 9.59 Å². The molecule has 1 fully saturated rings. The molecular weight excluding hydrogens is 294 g/mol. The topological polar surface area (TPSA) is 70.8 Å². The number of carboxylic acids is 1. The third kappa shape index (κ3) is 2.71. The third-order valence-electron chi connectivity index (χ3n) is 4.86. The van der Waals surface area contributed by atoms with Gasteiger partial charge in [0.2, 0.25) is 5.91 Å². The van der Waals surface area contributed by atoms with Gasteiger partial charge in [0.1, 0.15) is 11.3 Å². The summed E-state index contributed by atoms with van der Waals surface area (Å²) in [6.07, 6.45) is 1.24. The van der Waals surface area contributed by atoms with Crippen molar-refractivity contribution in [1.82, 2.24) is 4.90 Å². The molecule has 1 aromatic carbocycles. The number of para-hydroxylation sites is 1. The Morgan fingerprint density at radius 3 is 2.57 bits per heavy atom. The van der Waals surface area contributed by atoms with Gasteiger partial charge in [-0.05, 0) is 38.8 Å². The maximum Gasteiger partial charge on any atom is 0.307 e. The number of aliphatic carboxylic acids is 1. The number of hydrogen-bond donors (Lipinski definition) is 1. The Bertz CT molecular complexity index is 702. The Morgan fingerprint density at radius 1 is 1.30 bits per heavy atom. The molecule has 0 aliphatic heterocycles. The zero-order valence-corrected chi connectivity index (χ0v) is 13.4. The third-order valence-corrected chi connectivity index (χ3v) is 4.86. The van der Waals surface area contributed by atoms with Crippen molar-refractivity contribution >= 4 is 22.8 Å². The van der Waals surface area contributed by atoms with Gasteiger partial charge in [-0.3, -0.25) is 9.59 Å². The number of nitrogens with zero attached hydrogens (tertiary/aromatic N) is 1. The number of benzene rings is 1. The van der Waals surface area contributed by atoms with Crippen molar-refractivity contribution in [3.8, 4) is 0 Å². The average molecular weight is 315 g/mol. The van der Waals surface area contributed by atoms with Crippen molar-refractivity contribution in [1.29, 1.82) is 0 Å². The lowest BCUT2D eigenvalue weighted by molar-refractivity contribution is -0.157. The first-order valence-corrected chi connectivity index (χ1v) is 8.04. The number of carbonyl (C=O) groups is 2. The highest BCUT2D eigenvalue weighted by Gasteiger charge is 2.44. The van der Waals surface area contributed by atoms with E-state index in [-0.39, 0.29) is 11.9 Å². The van der Waals surface area contributed by atoms with Crippen LogP contribution in [0.3, 0.4) is 0 Å². The van der Waals surface area contributed by atoms with Crippen LogP contribution >= 0.6 is 0 Å². The highest BCUT2D eigenvalue weighted by Crippen LogP contribution is 2.38. The van der Waals surface area contributed by atoms with Gasteiger partial charge in [-0.1, -0.05) is 18.2 Å². The Kier molecular flexibility index (Phi) is 4.11. The van der Waals surface area contributed by atoms with Gasteiger partial charge in [0.05, 0.1) is 17.9 Å². The molecule has 1 aliphatic carbocycles. The van der Waals surface area contributed by atoms with Gasteiger partial charge in [0.25, 0.3) is 0 Å². The van der Waals surface area contributed by atoms with Crippen molar-refractivity contribution in [2.75, 3.05) is 6.54 Å². The van der Waals surface area contributed by atoms with Gasteiger partial charge in [0, 0.05) is 11.9 Å². The maximum absolute atomic E-state index is 12.7. The maximum atomic E-state index is 12.7. The molecule has 1 saturated carbocycles. The van der Waals surface area contributed by atoms with Crippen LogP contribution in [0.1, 0.15) is 38.5 Å². The predicted octanol–water partition coefficient (Wildman–Crippen LogP) is 3.45. The van der Waals surface area contributed by atoms with E-state index in [0.29, 0.717) is 19.4 Å². The number of furan rings is 1. The molecule has 3 rings (SSSR count). The first-order valence-electron chi connectivity index (χ1n) is 8.04. The first-order chi connectivity index (χ1) is 11.0. The Hall–Kier alpha value is -2.30. The van der Waals surface area contributed by atoms with E-state index in [1.165, 1.54) is 0 Å². The van der Waals surface area contributed by atoms with Crippen LogP contribution in [-0.4, -0.2) is 28.4 Å². The number of fused-ring (bicyclic) bond motifs is 1. The van der Waals surface area contributed by atoms with Crippen molar-refractivity contribution in [3.05, 3.63) is 36.1 Å². The molecule has 23 heavy (non-hydrogen) atoms. The van der Waals surface area contributed by atoms with Crippen LogP contribution < -0.4 is 0 Å². The fraction of sp³-hybridized carbons (Fsp3) is 0.444. The predicted molar refractivity (Wildman–Crippen MR) is 85.9 cm³/mol. The molecule has 1 heterocycles. The molecule has 2 aromatic rings. The quantitative estimate of drug-likeness (QED) is 0.917.